The highest BCUT2D eigenvalue weighted by Gasteiger charge is 2.15. The molecule has 0 unspecified atom stereocenters. The molecule has 0 spiro atoms. The zero-order chi connectivity index (χ0) is 15.8. The van der Waals surface area contributed by atoms with Crippen LogP contribution in [0.1, 0.15) is 5.69 Å². The fourth-order valence-electron chi connectivity index (χ4n) is 2.45. The maximum atomic E-state index is 5.68. The highest BCUT2D eigenvalue weighted by Crippen LogP contribution is 2.30. The molecule has 0 radical (unpaired) electrons. The highest BCUT2D eigenvalue weighted by atomic mass is 16.3. The van der Waals surface area contributed by atoms with Crippen LogP contribution in [0.25, 0.3) is 33.6 Å². The summed E-state index contributed by atoms with van der Waals surface area (Å²) in [6, 6.07) is 9.41. The van der Waals surface area contributed by atoms with Crippen molar-refractivity contribution in [3.05, 3.63) is 48.6 Å². The Morgan fingerprint density at radius 2 is 1.96 bits per heavy atom. The second-order valence-electron chi connectivity index (χ2n) is 5.04. The van der Waals surface area contributed by atoms with Gasteiger partial charge in [-0.25, -0.2) is 15.0 Å². The van der Waals surface area contributed by atoms with Crippen molar-refractivity contribution in [3.63, 3.8) is 0 Å². The molecule has 0 fully saturated rings. The van der Waals surface area contributed by atoms with E-state index in [1.807, 2.05) is 31.2 Å². The Balaban J connectivity index is 1.96. The predicted octanol–water partition coefficient (Wildman–Crippen LogP) is 2.63. The van der Waals surface area contributed by atoms with E-state index in [2.05, 4.69) is 25.1 Å². The van der Waals surface area contributed by atoms with Crippen molar-refractivity contribution in [2.24, 2.45) is 0 Å². The third-order valence-corrected chi connectivity index (χ3v) is 3.57. The summed E-state index contributed by atoms with van der Waals surface area (Å²) < 4.78 is 5.44. The van der Waals surface area contributed by atoms with Crippen molar-refractivity contribution >= 4 is 16.9 Å². The molecule has 3 aromatic heterocycles. The number of aromatic nitrogens is 5. The third-order valence-electron chi connectivity index (χ3n) is 3.57. The van der Waals surface area contributed by atoms with Crippen LogP contribution in [0.3, 0.4) is 0 Å². The lowest BCUT2D eigenvalue weighted by molar-refractivity contribution is 0.579. The predicted molar refractivity (Wildman–Crippen MR) is 85.2 cm³/mol. The smallest absolute Gasteiger partial charge is 0.240 e. The quantitative estimate of drug-likeness (QED) is 0.607. The van der Waals surface area contributed by atoms with Crippen LogP contribution in [0.4, 0.5) is 5.95 Å². The van der Waals surface area contributed by atoms with E-state index in [0.29, 0.717) is 17.1 Å². The van der Waals surface area contributed by atoms with Crippen LogP contribution in [-0.4, -0.2) is 25.1 Å². The van der Waals surface area contributed by atoms with Crippen molar-refractivity contribution in [2.75, 3.05) is 5.73 Å². The van der Waals surface area contributed by atoms with Crippen LogP contribution >= 0.6 is 0 Å². The fraction of sp³-hybridized carbons (Fsp3) is 0.0625. The Kier molecular flexibility index (Phi) is 2.97. The molecule has 1 aromatic carbocycles. The number of nitrogens with zero attached hydrogens (tertiary/aromatic N) is 5. The first-order chi connectivity index (χ1) is 11.2. The second-order valence-corrected chi connectivity index (χ2v) is 5.04. The van der Waals surface area contributed by atoms with E-state index >= 15 is 0 Å². The molecule has 4 aromatic rings. The lowest BCUT2D eigenvalue weighted by Crippen LogP contribution is -2.02. The maximum Gasteiger partial charge on any atom is 0.240 e. The zero-order valence-electron chi connectivity index (χ0n) is 12.3. The topological polar surface area (TPSA) is 104 Å². The monoisotopic (exact) mass is 304 g/mol. The average Bonchev–Trinajstić information content (AvgIpc) is 3.09. The Morgan fingerprint density at radius 3 is 2.78 bits per heavy atom. The Morgan fingerprint density at radius 1 is 1.04 bits per heavy atom. The van der Waals surface area contributed by atoms with Gasteiger partial charge in [0.25, 0.3) is 0 Å². The van der Waals surface area contributed by atoms with Gasteiger partial charge in [-0.15, -0.1) is 10.2 Å². The number of hydrogen-bond acceptors (Lipinski definition) is 7. The minimum absolute atomic E-state index is 0.0976. The number of benzene rings is 1. The molecule has 0 saturated heterocycles. The van der Waals surface area contributed by atoms with Gasteiger partial charge in [-0.3, -0.25) is 0 Å². The van der Waals surface area contributed by atoms with Gasteiger partial charge in [0.1, 0.15) is 17.7 Å². The summed E-state index contributed by atoms with van der Waals surface area (Å²) in [4.78, 5) is 12.8. The summed E-state index contributed by atoms with van der Waals surface area (Å²) in [7, 11) is 0. The van der Waals surface area contributed by atoms with E-state index < -0.39 is 0 Å². The maximum absolute atomic E-state index is 5.68. The largest absolute Gasteiger partial charge is 0.463 e. The minimum Gasteiger partial charge on any atom is -0.463 e. The highest BCUT2D eigenvalue weighted by molar-refractivity contribution is 5.87. The molecule has 7 nitrogen and oxygen atoms in total. The Bertz CT molecular complexity index is 997. The lowest BCUT2D eigenvalue weighted by atomic mass is 10.0. The first-order valence-corrected chi connectivity index (χ1v) is 6.98. The van der Waals surface area contributed by atoms with E-state index in [-0.39, 0.29) is 5.95 Å². The van der Waals surface area contributed by atoms with E-state index in [1.165, 1.54) is 0 Å². The minimum atomic E-state index is 0.0976. The van der Waals surface area contributed by atoms with Gasteiger partial charge in [-0.2, -0.15) is 0 Å². The van der Waals surface area contributed by atoms with E-state index in [9.17, 15) is 0 Å². The molecule has 2 N–H and O–H groups in total. The molecular weight excluding hydrogens is 292 g/mol. The van der Waals surface area contributed by atoms with Gasteiger partial charge < -0.3 is 10.2 Å². The number of aryl methyl sites for hydroxylation is 1. The molecule has 0 aliphatic rings. The van der Waals surface area contributed by atoms with E-state index in [1.54, 1.807) is 18.7 Å². The molecule has 0 saturated carbocycles. The summed E-state index contributed by atoms with van der Waals surface area (Å²) in [5.74, 6) is 0.684. The fourth-order valence-corrected chi connectivity index (χ4v) is 2.45. The van der Waals surface area contributed by atoms with Gasteiger partial charge >= 0.3 is 0 Å². The van der Waals surface area contributed by atoms with Crippen molar-refractivity contribution in [1.29, 1.82) is 0 Å². The molecule has 23 heavy (non-hydrogen) atoms. The lowest BCUT2D eigenvalue weighted by Gasteiger charge is -2.07. The van der Waals surface area contributed by atoms with Crippen LogP contribution in [-0.2, 0) is 0 Å². The van der Waals surface area contributed by atoms with Crippen LogP contribution < -0.4 is 5.73 Å². The Labute approximate surface area is 131 Å². The van der Waals surface area contributed by atoms with Crippen molar-refractivity contribution in [1.82, 2.24) is 25.1 Å². The molecule has 0 amide bonds. The van der Waals surface area contributed by atoms with Gasteiger partial charge in [-0.1, -0.05) is 6.07 Å². The second kappa shape index (κ2) is 5.13. The number of furan rings is 1. The number of nitrogens with two attached hydrogens (primary N) is 1. The molecule has 0 aliphatic carbocycles. The summed E-state index contributed by atoms with van der Waals surface area (Å²) in [6.45, 7) is 1.94. The first-order valence-electron chi connectivity index (χ1n) is 6.98. The van der Waals surface area contributed by atoms with Crippen molar-refractivity contribution in [2.45, 2.75) is 6.92 Å². The number of anilines is 1. The van der Waals surface area contributed by atoms with Crippen LogP contribution in [0.5, 0.6) is 0 Å². The molecule has 0 atom stereocenters. The number of hydrogen-bond donors (Lipinski definition) is 1. The summed E-state index contributed by atoms with van der Waals surface area (Å²) in [5, 5.41) is 9.03. The van der Waals surface area contributed by atoms with Crippen molar-refractivity contribution in [3.8, 4) is 22.7 Å². The number of rotatable bonds is 2. The normalized spacial score (nSPS) is 11.0. The molecule has 112 valence electrons. The molecule has 7 heteroatoms. The average molecular weight is 304 g/mol. The van der Waals surface area contributed by atoms with E-state index in [0.717, 1.165) is 22.2 Å². The number of fused-ring (bicyclic) bond motifs is 1. The summed E-state index contributed by atoms with van der Waals surface area (Å²) >= 11 is 0. The Hall–Kier alpha value is -3.35. The zero-order valence-corrected chi connectivity index (χ0v) is 12.3. The van der Waals surface area contributed by atoms with Crippen molar-refractivity contribution < 1.29 is 4.42 Å². The van der Waals surface area contributed by atoms with Crippen LogP contribution in [0, 0.1) is 6.92 Å². The van der Waals surface area contributed by atoms with Gasteiger partial charge in [-0.05, 0) is 31.2 Å². The van der Waals surface area contributed by atoms with Gasteiger partial charge in [0.2, 0.25) is 5.95 Å². The molecular formula is C16H12N6O. The van der Waals surface area contributed by atoms with Crippen LogP contribution in [0.15, 0.2) is 47.3 Å². The van der Waals surface area contributed by atoms with E-state index in [4.69, 9.17) is 10.2 Å². The first kappa shape index (κ1) is 13.3. The van der Waals surface area contributed by atoms with Gasteiger partial charge in [0, 0.05) is 16.6 Å². The third kappa shape index (κ3) is 2.28. The SMILES string of the molecule is Cc1ncnc2ccc(-c3nnc(N)nc3-c3ccco3)cc12. The van der Waals surface area contributed by atoms with Crippen LogP contribution in [0.2, 0.25) is 0 Å². The van der Waals surface area contributed by atoms with Gasteiger partial charge in [0.15, 0.2) is 5.76 Å². The molecule has 3 heterocycles. The van der Waals surface area contributed by atoms with Gasteiger partial charge in [0.05, 0.1) is 11.8 Å². The molecule has 0 bridgehead atoms. The molecule has 4 rings (SSSR count). The summed E-state index contributed by atoms with van der Waals surface area (Å²) in [6.07, 6.45) is 3.13. The number of nitrogen functional groups attached to an aromatic ring is 1. The molecule has 0 aliphatic heterocycles. The standard InChI is InChI=1S/C16H12N6O/c1-9-11-7-10(4-5-12(11)19-8-18-9)14-15(13-3-2-6-23-13)20-16(17)22-21-14/h2-8H,1H3,(H2,17,20,22). The summed E-state index contributed by atoms with van der Waals surface area (Å²) in [5.41, 5.74) is 9.45.